The van der Waals surface area contributed by atoms with Crippen molar-refractivity contribution in [1.82, 2.24) is 10.2 Å². The highest BCUT2D eigenvalue weighted by molar-refractivity contribution is 5.92. The number of halogens is 1. The average molecular weight is 291 g/mol. The van der Waals surface area contributed by atoms with Crippen LogP contribution in [-0.4, -0.2) is 42.5 Å². The van der Waals surface area contributed by atoms with E-state index < -0.39 is 0 Å². The number of rotatable bonds is 3. The Morgan fingerprint density at radius 3 is 3.00 bits per heavy atom. The maximum atomic E-state index is 13.1. The molecule has 2 fully saturated rings. The number of hydrogen-bond donors (Lipinski definition) is 2. The molecule has 2 atom stereocenters. The largest absolute Gasteiger partial charge is 0.325 e. The maximum Gasteiger partial charge on any atom is 0.238 e. The van der Waals surface area contributed by atoms with Gasteiger partial charge in [0, 0.05) is 24.3 Å². The van der Waals surface area contributed by atoms with E-state index in [1.165, 1.54) is 12.1 Å². The second-order valence-corrected chi connectivity index (χ2v) is 6.62. The Bertz CT molecular complexity index is 546. The molecule has 2 saturated heterocycles. The van der Waals surface area contributed by atoms with Crippen molar-refractivity contribution in [2.24, 2.45) is 11.8 Å². The number of carbonyl (C=O) groups excluding carboxylic acids is 1. The van der Waals surface area contributed by atoms with E-state index in [9.17, 15) is 9.18 Å². The van der Waals surface area contributed by atoms with Gasteiger partial charge in [0.25, 0.3) is 0 Å². The molecule has 1 aromatic carbocycles. The number of hydrogen-bond acceptors (Lipinski definition) is 3. The fourth-order valence-corrected chi connectivity index (χ4v) is 3.71. The zero-order chi connectivity index (χ0) is 15.0. The second-order valence-electron chi connectivity index (χ2n) is 6.62. The van der Waals surface area contributed by atoms with Crippen LogP contribution in [0.3, 0.4) is 0 Å². The number of carbonyl (C=O) groups is 1. The first-order valence-electron chi connectivity index (χ1n) is 7.48. The van der Waals surface area contributed by atoms with Crippen LogP contribution < -0.4 is 10.6 Å². The van der Waals surface area contributed by atoms with Crippen LogP contribution in [0.15, 0.2) is 24.3 Å². The number of benzene rings is 1. The number of fused-ring (bicyclic) bond motifs is 1. The Balaban J connectivity index is 1.63. The predicted molar refractivity (Wildman–Crippen MR) is 80.5 cm³/mol. The van der Waals surface area contributed by atoms with Crippen molar-refractivity contribution in [1.29, 1.82) is 0 Å². The van der Waals surface area contributed by atoms with Crippen molar-refractivity contribution in [2.75, 3.05) is 31.5 Å². The van der Waals surface area contributed by atoms with E-state index in [1.54, 1.807) is 12.1 Å². The summed E-state index contributed by atoms with van der Waals surface area (Å²) in [4.78, 5) is 14.4. The molecule has 2 heterocycles. The Hall–Kier alpha value is -1.46. The van der Waals surface area contributed by atoms with Crippen LogP contribution in [0.4, 0.5) is 10.1 Å². The van der Waals surface area contributed by atoms with Gasteiger partial charge >= 0.3 is 0 Å². The number of anilines is 1. The van der Waals surface area contributed by atoms with Gasteiger partial charge in [-0.3, -0.25) is 9.69 Å². The van der Waals surface area contributed by atoms with Crippen LogP contribution in [0.25, 0.3) is 0 Å². The first-order valence-corrected chi connectivity index (χ1v) is 7.48. The molecule has 0 saturated carbocycles. The summed E-state index contributed by atoms with van der Waals surface area (Å²) in [7, 11) is 0. The van der Waals surface area contributed by atoms with Crippen molar-refractivity contribution in [3.63, 3.8) is 0 Å². The molecule has 1 amide bonds. The van der Waals surface area contributed by atoms with Crippen LogP contribution in [0, 0.1) is 17.7 Å². The molecule has 0 aromatic heterocycles. The Morgan fingerprint density at radius 1 is 1.48 bits per heavy atom. The minimum absolute atomic E-state index is 0.0213. The van der Waals surface area contributed by atoms with Crippen molar-refractivity contribution in [3.05, 3.63) is 30.1 Å². The van der Waals surface area contributed by atoms with Gasteiger partial charge in [-0.25, -0.2) is 4.39 Å². The molecule has 5 heteroatoms. The first kappa shape index (κ1) is 14.5. The average Bonchev–Trinajstić information content (AvgIpc) is 2.94. The van der Waals surface area contributed by atoms with E-state index in [0.29, 0.717) is 24.1 Å². The molecule has 3 rings (SSSR count). The van der Waals surface area contributed by atoms with Crippen molar-refractivity contribution in [3.8, 4) is 0 Å². The van der Waals surface area contributed by atoms with E-state index in [2.05, 4.69) is 29.4 Å². The van der Waals surface area contributed by atoms with E-state index in [1.807, 2.05) is 0 Å². The van der Waals surface area contributed by atoms with Gasteiger partial charge in [-0.05, 0) is 50.4 Å². The fraction of sp³-hybridized carbons (Fsp3) is 0.562. The van der Waals surface area contributed by atoms with Gasteiger partial charge in [-0.2, -0.15) is 0 Å². The lowest BCUT2D eigenvalue weighted by Gasteiger charge is -2.35. The summed E-state index contributed by atoms with van der Waals surface area (Å²) in [6.07, 6.45) is 0. The highest BCUT2D eigenvalue weighted by atomic mass is 19.1. The van der Waals surface area contributed by atoms with Crippen molar-refractivity contribution >= 4 is 11.6 Å². The van der Waals surface area contributed by atoms with Crippen LogP contribution in [0.2, 0.25) is 0 Å². The predicted octanol–water partition coefficient (Wildman–Crippen LogP) is 1.69. The highest BCUT2D eigenvalue weighted by Crippen LogP contribution is 2.40. The summed E-state index contributed by atoms with van der Waals surface area (Å²) in [6, 6.07) is 6.01. The van der Waals surface area contributed by atoms with Crippen molar-refractivity contribution < 1.29 is 9.18 Å². The lowest BCUT2D eigenvalue weighted by atomic mass is 9.85. The molecule has 114 valence electrons. The molecular formula is C16H22FN3O. The van der Waals surface area contributed by atoms with Gasteiger partial charge in [-0.15, -0.1) is 0 Å². The Labute approximate surface area is 124 Å². The molecule has 4 nitrogen and oxygen atoms in total. The summed E-state index contributed by atoms with van der Waals surface area (Å²) in [5, 5.41) is 6.21. The lowest BCUT2D eigenvalue weighted by Crippen LogP contribution is -2.47. The molecule has 0 radical (unpaired) electrons. The summed E-state index contributed by atoms with van der Waals surface area (Å²) < 4.78 is 13.1. The van der Waals surface area contributed by atoms with Crippen LogP contribution in [0.1, 0.15) is 13.8 Å². The van der Waals surface area contributed by atoms with Gasteiger partial charge in [0.05, 0.1) is 6.54 Å². The fourth-order valence-electron chi connectivity index (χ4n) is 3.71. The number of likely N-dealkylation sites (tertiary alicyclic amines) is 1. The van der Waals surface area contributed by atoms with E-state index >= 15 is 0 Å². The highest BCUT2D eigenvalue weighted by Gasteiger charge is 2.49. The quantitative estimate of drug-likeness (QED) is 0.891. The monoisotopic (exact) mass is 291 g/mol. The third-order valence-electron chi connectivity index (χ3n) is 4.96. The van der Waals surface area contributed by atoms with E-state index in [-0.39, 0.29) is 17.3 Å². The second kappa shape index (κ2) is 5.39. The topological polar surface area (TPSA) is 44.4 Å². The molecule has 0 spiro atoms. The number of nitrogens with one attached hydrogen (secondary N) is 2. The minimum Gasteiger partial charge on any atom is -0.325 e. The minimum atomic E-state index is -0.338. The van der Waals surface area contributed by atoms with Gasteiger partial charge in [0.2, 0.25) is 5.91 Å². The number of amides is 1. The van der Waals surface area contributed by atoms with Crippen molar-refractivity contribution in [2.45, 2.75) is 19.4 Å². The normalized spacial score (nSPS) is 27.6. The van der Waals surface area contributed by atoms with Crippen LogP contribution >= 0.6 is 0 Å². The molecule has 2 aliphatic rings. The Kier molecular flexibility index (Phi) is 3.71. The summed E-state index contributed by atoms with van der Waals surface area (Å²) >= 11 is 0. The van der Waals surface area contributed by atoms with Crippen LogP contribution in [-0.2, 0) is 4.79 Å². The molecule has 0 bridgehead atoms. The third-order valence-corrected chi connectivity index (χ3v) is 4.96. The lowest BCUT2D eigenvalue weighted by molar-refractivity contribution is -0.118. The Morgan fingerprint density at radius 2 is 2.29 bits per heavy atom. The third kappa shape index (κ3) is 2.80. The SMILES string of the molecule is CC1(C)C2CNCC2CN1CC(=O)Nc1cccc(F)c1. The summed E-state index contributed by atoms with van der Waals surface area (Å²) in [5.74, 6) is 0.804. The summed E-state index contributed by atoms with van der Waals surface area (Å²) in [5.41, 5.74) is 0.534. The molecule has 2 unspecified atom stereocenters. The maximum absolute atomic E-state index is 13.1. The molecule has 1 aromatic rings. The van der Waals surface area contributed by atoms with E-state index in [0.717, 1.165) is 19.6 Å². The molecule has 2 aliphatic heterocycles. The van der Waals surface area contributed by atoms with Gasteiger partial charge in [0.1, 0.15) is 5.82 Å². The van der Waals surface area contributed by atoms with Gasteiger partial charge < -0.3 is 10.6 Å². The summed E-state index contributed by atoms with van der Waals surface area (Å²) in [6.45, 7) is 7.79. The first-order chi connectivity index (χ1) is 9.96. The van der Waals surface area contributed by atoms with Gasteiger partial charge in [-0.1, -0.05) is 6.07 Å². The molecule has 21 heavy (non-hydrogen) atoms. The molecule has 2 N–H and O–H groups in total. The zero-order valence-electron chi connectivity index (χ0n) is 12.5. The zero-order valence-corrected chi connectivity index (χ0v) is 12.5. The van der Waals surface area contributed by atoms with Gasteiger partial charge in [0.15, 0.2) is 0 Å². The van der Waals surface area contributed by atoms with Crippen LogP contribution in [0.5, 0.6) is 0 Å². The smallest absolute Gasteiger partial charge is 0.238 e. The van der Waals surface area contributed by atoms with E-state index in [4.69, 9.17) is 0 Å². The number of nitrogens with zero attached hydrogens (tertiary/aromatic N) is 1. The molecule has 0 aliphatic carbocycles. The molecular weight excluding hydrogens is 269 g/mol. The standard InChI is InChI=1S/C16H22FN3O/c1-16(2)14-8-18-7-11(14)9-20(16)10-15(21)19-13-5-3-4-12(17)6-13/h3-6,11,14,18H,7-10H2,1-2H3,(H,19,21).